The second-order valence-electron chi connectivity index (χ2n) is 4.53. The van der Waals surface area contributed by atoms with Gasteiger partial charge in [-0.2, -0.15) is 8.78 Å². The molecule has 10 heteroatoms. The third kappa shape index (κ3) is 3.18. The normalized spacial score (nSPS) is 13.0. The average Bonchev–Trinajstić information content (AvgIpc) is 2.53. The maximum atomic E-state index is 14.1. The first-order valence-corrected chi connectivity index (χ1v) is 7.91. The van der Waals surface area contributed by atoms with Crippen LogP contribution in [0.4, 0.5) is 18.0 Å². The molecule has 0 saturated heterocycles. The quantitative estimate of drug-likeness (QED) is 0.883. The molecule has 0 saturated carbocycles. The number of nitrogens with two attached hydrogens (primary N) is 1. The summed E-state index contributed by atoms with van der Waals surface area (Å²) in [5.41, 5.74) is 4.39. The summed E-state index contributed by atoms with van der Waals surface area (Å²) in [4.78, 5) is 13.3. The summed E-state index contributed by atoms with van der Waals surface area (Å²) in [5, 5.41) is -4.56. The molecule has 2 N–H and O–H groups in total. The van der Waals surface area contributed by atoms with Gasteiger partial charge in [-0.3, -0.25) is 4.98 Å². The second-order valence-corrected chi connectivity index (χ2v) is 6.49. The Kier molecular flexibility index (Phi) is 4.78. The number of alkyl halides is 2. The van der Waals surface area contributed by atoms with Gasteiger partial charge in [0.1, 0.15) is 6.61 Å². The molecular weight excluding hydrogens is 349 g/mol. The SMILES string of the molecule is NC(=O)OCC=C(F)C(F)(F)S(=O)(=O)c1cccc2cccnc12. The molecule has 0 aliphatic rings. The molecule has 2 rings (SSSR count). The van der Waals surface area contributed by atoms with E-state index in [0.29, 0.717) is 5.39 Å². The van der Waals surface area contributed by atoms with E-state index >= 15 is 0 Å². The Balaban J connectivity index is 2.49. The van der Waals surface area contributed by atoms with Crippen molar-refractivity contribution in [2.24, 2.45) is 5.73 Å². The Morgan fingerprint density at radius 2 is 1.96 bits per heavy atom. The molecule has 1 aromatic heterocycles. The van der Waals surface area contributed by atoms with Crippen molar-refractivity contribution in [3.05, 3.63) is 48.4 Å². The van der Waals surface area contributed by atoms with Crippen LogP contribution in [0.15, 0.2) is 53.3 Å². The van der Waals surface area contributed by atoms with Crippen LogP contribution in [-0.4, -0.2) is 31.4 Å². The van der Waals surface area contributed by atoms with E-state index in [-0.39, 0.29) is 11.6 Å². The van der Waals surface area contributed by atoms with Crippen molar-refractivity contribution >= 4 is 26.8 Å². The van der Waals surface area contributed by atoms with Gasteiger partial charge in [0.05, 0.1) is 10.4 Å². The molecule has 0 aliphatic heterocycles. The number of hydrogen-bond donors (Lipinski definition) is 1. The molecule has 1 heterocycles. The third-order valence-corrected chi connectivity index (χ3v) is 4.77. The Morgan fingerprint density at radius 1 is 1.29 bits per heavy atom. The van der Waals surface area contributed by atoms with Crippen molar-refractivity contribution in [3.63, 3.8) is 0 Å². The average molecular weight is 360 g/mol. The van der Waals surface area contributed by atoms with Crippen molar-refractivity contribution in [3.8, 4) is 0 Å². The van der Waals surface area contributed by atoms with Crippen LogP contribution in [-0.2, 0) is 14.6 Å². The van der Waals surface area contributed by atoms with Crippen LogP contribution >= 0.6 is 0 Å². The van der Waals surface area contributed by atoms with E-state index in [1.807, 2.05) is 0 Å². The van der Waals surface area contributed by atoms with Gasteiger partial charge < -0.3 is 10.5 Å². The zero-order valence-electron chi connectivity index (χ0n) is 11.9. The molecule has 0 unspecified atom stereocenters. The highest BCUT2D eigenvalue weighted by Crippen LogP contribution is 2.38. The zero-order valence-corrected chi connectivity index (χ0v) is 12.8. The number of aromatic nitrogens is 1. The lowest BCUT2D eigenvalue weighted by Crippen LogP contribution is -2.30. The summed E-state index contributed by atoms with van der Waals surface area (Å²) in [6.07, 6.45) is 0.0382. The fraction of sp³-hybridized carbons (Fsp3) is 0.143. The highest BCUT2D eigenvalue weighted by atomic mass is 32.2. The van der Waals surface area contributed by atoms with E-state index in [4.69, 9.17) is 0 Å². The lowest BCUT2D eigenvalue weighted by molar-refractivity contribution is 0.103. The third-order valence-electron chi connectivity index (χ3n) is 2.99. The molecule has 0 aliphatic carbocycles. The fourth-order valence-corrected chi connectivity index (χ4v) is 3.17. The van der Waals surface area contributed by atoms with Gasteiger partial charge in [0.15, 0.2) is 5.83 Å². The predicted octanol–water partition coefficient (Wildman–Crippen LogP) is 2.55. The van der Waals surface area contributed by atoms with Gasteiger partial charge in [-0.1, -0.05) is 18.2 Å². The second kappa shape index (κ2) is 6.48. The minimum Gasteiger partial charge on any atom is -0.445 e. The molecule has 1 aromatic carbocycles. The van der Waals surface area contributed by atoms with E-state index in [9.17, 15) is 26.4 Å². The largest absolute Gasteiger partial charge is 0.445 e. The van der Waals surface area contributed by atoms with Gasteiger partial charge in [-0.05, 0) is 18.2 Å². The number of rotatable bonds is 5. The number of benzene rings is 1. The van der Waals surface area contributed by atoms with E-state index in [1.54, 1.807) is 0 Å². The van der Waals surface area contributed by atoms with E-state index in [0.717, 1.165) is 6.07 Å². The molecule has 1 amide bonds. The van der Waals surface area contributed by atoms with E-state index in [2.05, 4.69) is 15.5 Å². The molecule has 0 bridgehead atoms. The Labute approximate surface area is 134 Å². The number of para-hydroxylation sites is 1. The summed E-state index contributed by atoms with van der Waals surface area (Å²) in [6, 6.07) is 6.61. The monoisotopic (exact) mass is 360 g/mol. The number of carbonyl (C=O) groups excluding carboxylic acids is 1. The molecule has 128 valence electrons. The smallest absolute Gasteiger partial charge is 0.404 e. The van der Waals surface area contributed by atoms with Crippen LogP contribution in [0.25, 0.3) is 10.9 Å². The minimum absolute atomic E-state index is 0.126. The first-order chi connectivity index (χ1) is 11.2. The summed E-state index contributed by atoms with van der Waals surface area (Å²) >= 11 is 0. The van der Waals surface area contributed by atoms with Crippen LogP contribution in [0.5, 0.6) is 0 Å². The number of primary amides is 1. The van der Waals surface area contributed by atoms with Crippen LogP contribution in [0.1, 0.15) is 0 Å². The van der Waals surface area contributed by atoms with Gasteiger partial charge in [0.2, 0.25) is 0 Å². The molecule has 6 nitrogen and oxygen atoms in total. The lowest BCUT2D eigenvalue weighted by Gasteiger charge is -2.16. The zero-order chi connectivity index (χ0) is 18.0. The Bertz CT molecular complexity index is 908. The van der Waals surface area contributed by atoms with Gasteiger partial charge in [0.25, 0.3) is 9.84 Å². The van der Waals surface area contributed by atoms with Gasteiger partial charge in [-0.25, -0.2) is 17.6 Å². The van der Waals surface area contributed by atoms with Crippen LogP contribution in [0.2, 0.25) is 0 Å². The van der Waals surface area contributed by atoms with Gasteiger partial charge in [0, 0.05) is 11.6 Å². The van der Waals surface area contributed by atoms with Crippen molar-refractivity contribution < 1.29 is 31.1 Å². The highest BCUT2D eigenvalue weighted by molar-refractivity contribution is 7.92. The standard InChI is InChI=1S/C14H11F3N2O4S/c15-11(6-8-23-13(18)20)14(16,17)24(21,22)10-5-1-3-9-4-2-7-19-12(9)10/h1-7H,8H2,(H2,18,20). The first-order valence-electron chi connectivity index (χ1n) is 6.42. The topological polar surface area (TPSA) is 99.4 Å². The molecule has 0 radical (unpaired) electrons. The van der Waals surface area contributed by atoms with E-state index in [1.165, 1.54) is 30.5 Å². The summed E-state index contributed by atoms with van der Waals surface area (Å²) < 4.78 is 70.4. The molecule has 2 aromatic rings. The van der Waals surface area contributed by atoms with Gasteiger partial charge >= 0.3 is 11.3 Å². The van der Waals surface area contributed by atoms with Crippen molar-refractivity contribution in [2.75, 3.05) is 6.61 Å². The van der Waals surface area contributed by atoms with Crippen LogP contribution in [0.3, 0.4) is 0 Å². The summed E-state index contributed by atoms with van der Waals surface area (Å²) in [5.74, 6) is -2.28. The molecule has 24 heavy (non-hydrogen) atoms. The number of ether oxygens (including phenoxy) is 1. The number of nitrogens with zero attached hydrogens (tertiary/aromatic N) is 1. The van der Waals surface area contributed by atoms with Gasteiger partial charge in [-0.15, -0.1) is 0 Å². The number of carbonyl (C=O) groups is 1. The predicted molar refractivity (Wildman–Crippen MR) is 78.6 cm³/mol. The number of fused-ring (bicyclic) bond motifs is 1. The number of halogens is 3. The van der Waals surface area contributed by atoms with Crippen molar-refractivity contribution in [1.29, 1.82) is 0 Å². The minimum atomic E-state index is -5.43. The molecule has 0 spiro atoms. The van der Waals surface area contributed by atoms with E-state index < -0.39 is 38.5 Å². The van der Waals surface area contributed by atoms with Crippen molar-refractivity contribution in [2.45, 2.75) is 10.2 Å². The van der Waals surface area contributed by atoms with Crippen molar-refractivity contribution in [1.82, 2.24) is 4.98 Å². The Morgan fingerprint density at radius 3 is 2.62 bits per heavy atom. The Hall–Kier alpha value is -2.62. The number of hydrogen-bond acceptors (Lipinski definition) is 5. The van der Waals surface area contributed by atoms with Crippen LogP contribution < -0.4 is 5.73 Å². The molecule has 0 atom stereocenters. The maximum Gasteiger partial charge on any atom is 0.404 e. The first kappa shape index (κ1) is 17.7. The number of amides is 1. The molecule has 0 fully saturated rings. The number of pyridine rings is 1. The summed E-state index contributed by atoms with van der Waals surface area (Å²) in [6.45, 7) is -0.930. The lowest BCUT2D eigenvalue weighted by atomic mass is 10.2. The summed E-state index contributed by atoms with van der Waals surface area (Å²) in [7, 11) is -5.43. The fourth-order valence-electron chi connectivity index (χ4n) is 1.88. The maximum absolute atomic E-state index is 14.1. The number of sulfone groups is 1. The van der Waals surface area contributed by atoms with Crippen LogP contribution in [0, 0.1) is 0 Å². The molecular formula is C14H11F3N2O4S. The highest BCUT2D eigenvalue weighted by Gasteiger charge is 2.51.